The first kappa shape index (κ1) is 19.2. The maximum Gasteiger partial charge on any atom is 0.407 e. The van der Waals surface area contributed by atoms with E-state index >= 15 is 0 Å². The normalized spacial score (nSPS) is 23.5. The molecule has 5 rings (SSSR count). The largest absolute Gasteiger partial charge is 0.481 e. The number of carboxylic acids is 1. The van der Waals surface area contributed by atoms with Crippen LogP contribution in [0.5, 0.6) is 0 Å². The second-order valence-corrected chi connectivity index (χ2v) is 9.09. The maximum atomic E-state index is 12.8. The zero-order valence-corrected chi connectivity index (χ0v) is 17.0. The lowest BCUT2D eigenvalue weighted by atomic mass is 9.52. The fraction of sp³-hybridized carbons (Fsp3) is 0.440. The Morgan fingerprint density at radius 1 is 0.933 bits per heavy atom. The smallest absolute Gasteiger partial charge is 0.407 e. The molecule has 2 aromatic carbocycles. The molecule has 2 saturated carbocycles. The number of amides is 1. The maximum absolute atomic E-state index is 12.8. The quantitative estimate of drug-likeness (QED) is 0.726. The molecule has 0 heterocycles. The highest BCUT2D eigenvalue weighted by Crippen LogP contribution is 2.61. The highest BCUT2D eigenvalue weighted by atomic mass is 16.5. The number of hydrogen-bond acceptors (Lipinski definition) is 3. The number of benzene rings is 2. The van der Waals surface area contributed by atoms with Gasteiger partial charge in [0.1, 0.15) is 6.61 Å². The van der Waals surface area contributed by atoms with Gasteiger partial charge in [0, 0.05) is 5.92 Å². The number of carboxylic acid groups (broad SMARTS) is 1. The summed E-state index contributed by atoms with van der Waals surface area (Å²) in [5, 5.41) is 12.5. The van der Waals surface area contributed by atoms with E-state index in [0.717, 1.165) is 32.1 Å². The molecule has 0 aromatic heterocycles. The molecule has 0 aliphatic heterocycles. The zero-order chi connectivity index (χ0) is 20.8. The Labute approximate surface area is 176 Å². The summed E-state index contributed by atoms with van der Waals surface area (Å²) in [5.41, 5.74) is 3.97. The van der Waals surface area contributed by atoms with E-state index in [2.05, 4.69) is 29.6 Å². The van der Waals surface area contributed by atoms with Gasteiger partial charge in [-0.15, -0.1) is 0 Å². The summed E-state index contributed by atoms with van der Waals surface area (Å²) >= 11 is 0. The summed E-state index contributed by atoms with van der Waals surface area (Å²) < 4.78 is 5.71. The minimum atomic E-state index is -0.861. The van der Waals surface area contributed by atoms with Crippen molar-refractivity contribution in [1.29, 1.82) is 0 Å². The predicted octanol–water partition coefficient (Wildman–Crippen LogP) is 5.09. The first-order valence-corrected chi connectivity index (χ1v) is 10.9. The molecule has 0 saturated heterocycles. The third-order valence-electron chi connectivity index (χ3n) is 7.74. The highest BCUT2D eigenvalue weighted by molar-refractivity contribution is 5.79. The van der Waals surface area contributed by atoms with Gasteiger partial charge in [0.2, 0.25) is 0 Å². The van der Waals surface area contributed by atoms with Crippen molar-refractivity contribution in [3.8, 4) is 11.1 Å². The first-order valence-electron chi connectivity index (χ1n) is 10.9. The van der Waals surface area contributed by atoms with Crippen LogP contribution in [0.2, 0.25) is 0 Å². The Morgan fingerprint density at radius 3 is 2.07 bits per heavy atom. The van der Waals surface area contributed by atoms with Gasteiger partial charge >= 0.3 is 12.1 Å². The van der Waals surface area contributed by atoms with Crippen LogP contribution in [0.1, 0.15) is 62.0 Å². The van der Waals surface area contributed by atoms with Crippen LogP contribution in [0.4, 0.5) is 4.79 Å². The van der Waals surface area contributed by atoms with Crippen LogP contribution < -0.4 is 5.32 Å². The van der Waals surface area contributed by atoms with Crippen molar-refractivity contribution in [3.63, 3.8) is 0 Å². The molecule has 2 aromatic rings. The molecule has 1 spiro atoms. The van der Waals surface area contributed by atoms with E-state index < -0.39 is 17.6 Å². The number of rotatable bonds is 5. The lowest BCUT2D eigenvalue weighted by Gasteiger charge is -2.57. The van der Waals surface area contributed by atoms with Gasteiger partial charge < -0.3 is 15.2 Å². The third-order valence-corrected chi connectivity index (χ3v) is 7.74. The average Bonchev–Trinajstić information content (AvgIpc) is 3.36. The molecule has 1 atom stereocenters. The van der Waals surface area contributed by atoms with Crippen molar-refractivity contribution in [3.05, 3.63) is 59.7 Å². The monoisotopic (exact) mass is 405 g/mol. The van der Waals surface area contributed by atoms with E-state index in [1.54, 1.807) is 0 Å². The van der Waals surface area contributed by atoms with Crippen LogP contribution in [0, 0.1) is 5.41 Å². The van der Waals surface area contributed by atoms with Gasteiger partial charge in [-0.25, -0.2) is 4.79 Å². The summed E-state index contributed by atoms with van der Waals surface area (Å²) in [7, 11) is 0. The Hall–Kier alpha value is -2.82. The number of fused-ring (bicyclic) bond motifs is 3. The van der Waals surface area contributed by atoms with Crippen LogP contribution in [-0.2, 0) is 9.53 Å². The molecule has 3 aliphatic rings. The number of alkyl carbamates (subject to hydrolysis) is 1. The molecule has 5 nitrogen and oxygen atoms in total. The first-order chi connectivity index (χ1) is 14.5. The number of nitrogens with one attached hydrogen (secondary N) is 1. The SMILES string of the molecule is O=C(O)CC1(NC(=O)OCC2c3ccccc3-c3ccccc32)CCC12CCCC2. The Balaban J connectivity index is 1.32. The van der Waals surface area contributed by atoms with Crippen LogP contribution in [0.3, 0.4) is 0 Å². The minimum Gasteiger partial charge on any atom is -0.481 e. The number of carbonyl (C=O) groups excluding carboxylic acids is 1. The standard InChI is InChI=1S/C25H27NO4/c27-22(28)15-25(14-13-24(25)11-5-6-12-24)26-23(29)30-16-21-19-9-3-1-7-17(19)18-8-2-4-10-20(18)21/h1-4,7-10,21H,5-6,11-16H2,(H,26,29)(H,27,28). The van der Waals surface area contributed by atoms with Crippen LogP contribution >= 0.6 is 0 Å². The lowest BCUT2D eigenvalue weighted by Crippen LogP contribution is -2.67. The molecule has 1 amide bonds. The fourth-order valence-electron chi connectivity index (χ4n) is 6.16. The van der Waals surface area contributed by atoms with Gasteiger partial charge in [0.05, 0.1) is 12.0 Å². The van der Waals surface area contributed by atoms with Gasteiger partial charge in [-0.3, -0.25) is 4.79 Å². The van der Waals surface area contributed by atoms with E-state index in [-0.39, 0.29) is 24.4 Å². The van der Waals surface area contributed by atoms with E-state index in [1.807, 2.05) is 24.3 Å². The third kappa shape index (κ3) is 2.91. The summed E-state index contributed by atoms with van der Waals surface area (Å²) in [5.74, 6) is -0.861. The van der Waals surface area contributed by atoms with Gasteiger partial charge in [-0.2, -0.15) is 0 Å². The van der Waals surface area contributed by atoms with Crippen molar-refractivity contribution in [2.75, 3.05) is 6.61 Å². The lowest BCUT2D eigenvalue weighted by molar-refractivity contribution is -0.144. The van der Waals surface area contributed by atoms with Crippen molar-refractivity contribution in [2.24, 2.45) is 5.41 Å². The summed E-state index contributed by atoms with van der Waals surface area (Å²) in [6.07, 6.45) is 5.36. The van der Waals surface area contributed by atoms with E-state index in [1.165, 1.54) is 22.3 Å². The number of carbonyl (C=O) groups is 2. The minimum absolute atomic E-state index is 0.000375. The molecular formula is C25H27NO4. The Morgan fingerprint density at radius 2 is 1.53 bits per heavy atom. The van der Waals surface area contributed by atoms with Crippen LogP contribution in [0.15, 0.2) is 48.5 Å². The predicted molar refractivity (Wildman–Crippen MR) is 113 cm³/mol. The molecule has 1 unspecified atom stereocenters. The van der Waals surface area contributed by atoms with Gasteiger partial charge in [0.25, 0.3) is 0 Å². The second kappa shape index (κ2) is 7.15. The zero-order valence-electron chi connectivity index (χ0n) is 17.0. The van der Waals surface area contributed by atoms with E-state index in [4.69, 9.17) is 4.74 Å². The van der Waals surface area contributed by atoms with Crippen molar-refractivity contribution in [2.45, 2.75) is 56.4 Å². The summed E-state index contributed by atoms with van der Waals surface area (Å²) in [4.78, 5) is 24.4. The molecule has 30 heavy (non-hydrogen) atoms. The molecule has 2 fully saturated rings. The summed E-state index contributed by atoms with van der Waals surface area (Å²) in [6, 6.07) is 16.5. The second-order valence-electron chi connectivity index (χ2n) is 9.09. The average molecular weight is 405 g/mol. The highest BCUT2D eigenvalue weighted by Gasteiger charge is 2.61. The fourth-order valence-corrected chi connectivity index (χ4v) is 6.16. The molecule has 156 valence electrons. The van der Waals surface area contributed by atoms with E-state index in [0.29, 0.717) is 6.42 Å². The van der Waals surface area contributed by atoms with Crippen molar-refractivity contribution in [1.82, 2.24) is 5.32 Å². The van der Waals surface area contributed by atoms with Crippen LogP contribution in [0.25, 0.3) is 11.1 Å². The van der Waals surface area contributed by atoms with Gasteiger partial charge in [-0.1, -0.05) is 61.4 Å². The Bertz CT molecular complexity index is 949. The van der Waals surface area contributed by atoms with E-state index in [9.17, 15) is 14.7 Å². The molecule has 5 heteroatoms. The molecule has 3 aliphatic carbocycles. The molecular weight excluding hydrogens is 378 g/mol. The number of hydrogen-bond donors (Lipinski definition) is 2. The number of aliphatic carboxylic acids is 1. The van der Waals surface area contributed by atoms with Gasteiger partial charge in [-0.05, 0) is 53.4 Å². The molecule has 0 radical (unpaired) electrons. The van der Waals surface area contributed by atoms with Gasteiger partial charge in [0.15, 0.2) is 0 Å². The summed E-state index contributed by atoms with van der Waals surface area (Å²) in [6.45, 7) is 0.246. The van der Waals surface area contributed by atoms with Crippen molar-refractivity contribution >= 4 is 12.1 Å². The Kier molecular flexibility index (Phi) is 4.57. The van der Waals surface area contributed by atoms with Crippen molar-refractivity contribution < 1.29 is 19.4 Å². The number of ether oxygens (including phenoxy) is 1. The molecule has 0 bridgehead atoms. The molecule has 2 N–H and O–H groups in total. The van der Waals surface area contributed by atoms with Crippen LogP contribution in [-0.4, -0.2) is 29.3 Å². The topological polar surface area (TPSA) is 75.6 Å².